The van der Waals surface area contributed by atoms with Crippen LogP contribution in [0.4, 0.5) is 0 Å². The minimum absolute atomic E-state index is 0.389. The maximum Gasteiger partial charge on any atom is 0.0794 e. The van der Waals surface area contributed by atoms with Gasteiger partial charge in [0.2, 0.25) is 0 Å². The molecule has 0 bridgehead atoms. The molecule has 2 nitrogen and oxygen atoms in total. The second-order valence-corrected chi connectivity index (χ2v) is 3.11. The fourth-order valence-corrected chi connectivity index (χ4v) is 1.22. The maximum absolute atomic E-state index is 9.70. The van der Waals surface area contributed by atoms with E-state index in [1.807, 2.05) is 25.1 Å². The third-order valence-corrected chi connectivity index (χ3v) is 1.95. The summed E-state index contributed by atoms with van der Waals surface area (Å²) in [4.78, 5) is 4.07. The van der Waals surface area contributed by atoms with Gasteiger partial charge < -0.3 is 5.11 Å². The van der Waals surface area contributed by atoms with Crippen LogP contribution in [0.3, 0.4) is 0 Å². The summed E-state index contributed by atoms with van der Waals surface area (Å²) in [5.41, 5.74) is 1.88. The zero-order valence-corrected chi connectivity index (χ0v) is 7.90. The zero-order chi connectivity index (χ0) is 9.68. The van der Waals surface area contributed by atoms with E-state index in [2.05, 4.69) is 11.6 Å². The molecule has 1 aromatic rings. The molecule has 0 amide bonds. The molecule has 1 atom stereocenters. The number of aliphatic hydroxyl groups excluding tert-OH is 1. The Bertz CT molecular complexity index is 283. The monoisotopic (exact) mass is 177 g/mol. The summed E-state index contributed by atoms with van der Waals surface area (Å²) in [6.45, 7) is 5.54. The Hall–Kier alpha value is -1.15. The van der Waals surface area contributed by atoms with Gasteiger partial charge in [0.05, 0.1) is 6.10 Å². The highest BCUT2D eigenvalue weighted by Gasteiger charge is 2.05. The first-order valence-electron chi connectivity index (χ1n) is 4.45. The molecule has 70 valence electrons. The van der Waals surface area contributed by atoms with Crippen LogP contribution in [0, 0.1) is 6.92 Å². The van der Waals surface area contributed by atoms with E-state index < -0.39 is 0 Å². The second kappa shape index (κ2) is 4.77. The lowest BCUT2D eigenvalue weighted by atomic mass is 10.1. The molecule has 1 heterocycles. The SMILES string of the molecule is C=CCCC(O)c1ccnc(C)c1. The van der Waals surface area contributed by atoms with Crippen LogP contribution in [-0.4, -0.2) is 10.1 Å². The van der Waals surface area contributed by atoms with Crippen molar-refractivity contribution in [2.24, 2.45) is 0 Å². The van der Waals surface area contributed by atoms with Crippen LogP contribution in [0.5, 0.6) is 0 Å². The van der Waals surface area contributed by atoms with Crippen LogP contribution < -0.4 is 0 Å². The Morgan fingerprint density at radius 2 is 2.46 bits per heavy atom. The molecule has 0 aliphatic carbocycles. The fourth-order valence-electron chi connectivity index (χ4n) is 1.22. The molecular formula is C11H15NO. The average Bonchev–Trinajstić information content (AvgIpc) is 2.14. The lowest BCUT2D eigenvalue weighted by molar-refractivity contribution is 0.168. The standard InChI is InChI=1S/C11H15NO/c1-3-4-5-11(13)10-6-7-12-9(2)8-10/h3,6-8,11,13H,1,4-5H2,2H3. The third-order valence-electron chi connectivity index (χ3n) is 1.95. The highest BCUT2D eigenvalue weighted by atomic mass is 16.3. The third kappa shape index (κ3) is 2.99. The van der Waals surface area contributed by atoms with Gasteiger partial charge in [-0.1, -0.05) is 6.08 Å². The Labute approximate surface area is 78.9 Å². The molecule has 0 saturated carbocycles. The van der Waals surface area contributed by atoms with E-state index in [-0.39, 0.29) is 6.10 Å². The number of allylic oxidation sites excluding steroid dienone is 1. The quantitative estimate of drug-likeness (QED) is 0.716. The molecule has 0 fully saturated rings. The van der Waals surface area contributed by atoms with E-state index in [0.717, 1.165) is 24.1 Å². The minimum atomic E-state index is -0.389. The first-order valence-corrected chi connectivity index (χ1v) is 4.45. The number of aliphatic hydroxyl groups is 1. The largest absolute Gasteiger partial charge is 0.388 e. The number of pyridine rings is 1. The Balaban J connectivity index is 2.65. The van der Waals surface area contributed by atoms with Gasteiger partial charge in [-0.2, -0.15) is 0 Å². The molecule has 0 aliphatic rings. The predicted octanol–water partition coefficient (Wildman–Crippen LogP) is 2.39. The first-order chi connectivity index (χ1) is 6.24. The van der Waals surface area contributed by atoms with Crippen LogP contribution in [0.2, 0.25) is 0 Å². The molecule has 2 heteroatoms. The van der Waals surface area contributed by atoms with E-state index in [0.29, 0.717) is 0 Å². The topological polar surface area (TPSA) is 33.1 Å². The number of nitrogens with zero attached hydrogens (tertiary/aromatic N) is 1. The van der Waals surface area contributed by atoms with E-state index in [9.17, 15) is 5.11 Å². The van der Waals surface area contributed by atoms with Gasteiger partial charge in [0.1, 0.15) is 0 Å². The van der Waals surface area contributed by atoms with Crippen molar-refractivity contribution >= 4 is 0 Å². The summed E-state index contributed by atoms with van der Waals surface area (Å²) in [7, 11) is 0. The Morgan fingerprint density at radius 3 is 3.08 bits per heavy atom. The van der Waals surface area contributed by atoms with Crippen molar-refractivity contribution in [3.63, 3.8) is 0 Å². The molecule has 1 rings (SSSR count). The Kier molecular flexibility index (Phi) is 3.65. The molecule has 0 aromatic carbocycles. The molecule has 0 radical (unpaired) electrons. The van der Waals surface area contributed by atoms with Crippen LogP contribution in [-0.2, 0) is 0 Å². The average molecular weight is 177 g/mol. The molecule has 0 spiro atoms. The second-order valence-electron chi connectivity index (χ2n) is 3.11. The van der Waals surface area contributed by atoms with Crippen molar-refractivity contribution in [3.8, 4) is 0 Å². The lowest BCUT2D eigenvalue weighted by Gasteiger charge is -2.09. The highest BCUT2D eigenvalue weighted by Crippen LogP contribution is 2.17. The van der Waals surface area contributed by atoms with Gasteiger partial charge >= 0.3 is 0 Å². The van der Waals surface area contributed by atoms with Gasteiger partial charge in [-0.25, -0.2) is 0 Å². The van der Waals surface area contributed by atoms with Crippen LogP contribution in [0.1, 0.15) is 30.2 Å². The molecule has 0 saturated heterocycles. The zero-order valence-electron chi connectivity index (χ0n) is 7.90. The molecule has 1 unspecified atom stereocenters. The maximum atomic E-state index is 9.70. The number of hydrogen-bond donors (Lipinski definition) is 1. The van der Waals surface area contributed by atoms with Gasteiger partial charge in [0, 0.05) is 11.9 Å². The predicted molar refractivity (Wildman–Crippen MR) is 53.4 cm³/mol. The molecule has 1 aromatic heterocycles. The molecule has 1 N–H and O–H groups in total. The van der Waals surface area contributed by atoms with Gasteiger partial charge in [0.25, 0.3) is 0 Å². The molecular weight excluding hydrogens is 162 g/mol. The number of aromatic nitrogens is 1. The van der Waals surface area contributed by atoms with E-state index in [4.69, 9.17) is 0 Å². The number of hydrogen-bond acceptors (Lipinski definition) is 2. The molecule has 13 heavy (non-hydrogen) atoms. The van der Waals surface area contributed by atoms with Gasteiger partial charge in [-0.3, -0.25) is 4.98 Å². The normalized spacial score (nSPS) is 12.5. The van der Waals surface area contributed by atoms with E-state index in [1.165, 1.54) is 0 Å². The van der Waals surface area contributed by atoms with E-state index >= 15 is 0 Å². The minimum Gasteiger partial charge on any atom is -0.388 e. The number of aryl methyl sites for hydroxylation is 1. The summed E-state index contributed by atoms with van der Waals surface area (Å²) in [6.07, 6.45) is 4.72. The highest BCUT2D eigenvalue weighted by molar-refractivity contribution is 5.17. The van der Waals surface area contributed by atoms with Gasteiger partial charge in [-0.05, 0) is 37.5 Å². The number of rotatable bonds is 4. The smallest absolute Gasteiger partial charge is 0.0794 e. The van der Waals surface area contributed by atoms with Crippen molar-refractivity contribution in [1.29, 1.82) is 0 Å². The van der Waals surface area contributed by atoms with Crippen LogP contribution in [0.25, 0.3) is 0 Å². The summed E-state index contributed by atoms with van der Waals surface area (Å²) in [6, 6.07) is 3.76. The van der Waals surface area contributed by atoms with Crippen LogP contribution in [0.15, 0.2) is 31.0 Å². The van der Waals surface area contributed by atoms with Crippen molar-refractivity contribution in [3.05, 3.63) is 42.2 Å². The lowest BCUT2D eigenvalue weighted by Crippen LogP contribution is -1.97. The first kappa shape index (κ1) is 9.93. The van der Waals surface area contributed by atoms with Crippen LogP contribution >= 0.6 is 0 Å². The van der Waals surface area contributed by atoms with Gasteiger partial charge in [-0.15, -0.1) is 6.58 Å². The van der Waals surface area contributed by atoms with Gasteiger partial charge in [0.15, 0.2) is 0 Å². The summed E-state index contributed by atoms with van der Waals surface area (Å²) in [5.74, 6) is 0. The molecule has 0 aliphatic heterocycles. The van der Waals surface area contributed by atoms with Crippen molar-refractivity contribution < 1.29 is 5.11 Å². The Morgan fingerprint density at radius 1 is 1.69 bits per heavy atom. The summed E-state index contributed by atoms with van der Waals surface area (Å²) >= 11 is 0. The van der Waals surface area contributed by atoms with E-state index in [1.54, 1.807) is 6.20 Å². The summed E-state index contributed by atoms with van der Waals surface area (Å²) in [5, 5.41) is 9.70. The van der Waals surface area contributed by atoms with Crippen molar-refractivity contribution in [1.82, 2.24) is 4.98 Å². The van der Waals surface area contributed by atoms with Crippen molar-refractivity contribution in [2.75, 3.05) is 0 Å². The summed E-state index contributed by atoms with van der Waals surface area (Å²) < 4.78 is 0. The van der Waals surface area contributed by atoms with Crippen molar-refractivity contribution in [2.45, 2.75) is 25.9 Å². The fraction of sp³-hybridized carbons (Fsp3) is 0.364.